The van der Waals surface area contributed by atoms with Gasteiger partial charge in [-0.25, -0.2) is 0 Å². The van der Waals surface area contributed by atoms with Crippen LogP contribution in [-0.4, -0.2) is 50.9 Å². The van der Waals surface area contributed by atoms with Crippen molar-refractivity contribution in [3.63, 3.8) is 0 Å². The molecule has 1 N–H and O–H groups in total. The molecule has 0 aromatic heterocycles. The second-order valence-electron chi connectivity index (χ2n) is 5.07. The van der Waals surface area contributed by atoms with E-state index < -0.39 is 12.8 Å². The van der Waals surface area contributed by atoms with Crippen LogP contribution in [0.2, 0.25) is 0 Å². The minimum atomic E-state index is -4.38. The summed E-state index contributed by atoms with van der Waals surface area (Å²) in [5.41, 5.74) is 0.593. The van der Waals surface area contributed by atoms with E-state index >= 15 is 0 Å². The molecule has 0 spiro atoms. The number of hydrogen-bond donors (Lipinski definition) is 1. The second-order valence-corrected chi connectivity index (χ2v) is 5.07. The molecule has 1 aromatic carbocycles. The Morgan fingerprint density at radius 2 is 2.08 bits per heavy atom. The molecule has 0 unspecified atom stereocenters. The monoisotopic (exact) mass is 346 g/mol. The number of anilines is 1. The lowest BCUT2D eigenvalue weighted by Gasteiger charge is -2.29. The van der Waals surface area contributed by atoms with Crippen molar-refractivity contribution < 1.29 is 32.2 Å². The molecule has 0 aliphatic carbocycles. The minimum absolute atomic E-state index is 0.0252. The summed E-state index contributed by atoms with van der Waals surface area (Å²) in [6.07, 6.45) is -4.35. The van der Waals surface area contributed by atoms with Crippen LogP contribution in [0.25, 0.3) is 0 Å². The first-order valence-corrected chi connectivity index (χ1v) is 7.30. The Kier molecular flexibility index (Phi) is 6.02. The number of halogens is 3. The van der Waals surface area contributed by atoms with E-state index in [1.807, 2.05) is 0 Å². The van der Waals surface area contributed by atoms with E-state index in [9.17, 15) is 22.8 Å². The van der Waals surface area contributed by atoms with Gasteiger partial charge in [-0.15, -0.1) is 0 Å². The molecule has 0 radical (unpaired) electrons. The third-order valence-electron chi connectivity index (χ3n) is 3.21. The summed E-state index contributed by atoms with van der Waals surface area (Å²) in [4.78, 5) is 25.1. The van der Waals surface area contributed by atoms with Gasteiger partial charge < -0.3 is 19.7 Å². The number of nitrogens with zero attached hydrogens (tertiary/aromatic N) is 1. The smallest absolute Gasteiger partial charge is 0.411 e. The minimum Gasteiger partial charge on any atom is -0.482 e. The third kappa shape index (κ3) is 5.41. The molecule has 132 valence electrons. The molecule has 1 heterocycles. The highest BCUT2D eigenvalue weighted by Gasteiger charge is 2.27. The summed E-state index contributed by atoms with van der Waals surface area (Å²) in [7, 11) is 0. The molecule has 1 aromatic rings. The maximum Gasteiger partial charge on any atom is 0.411 e. The van der Waals surface area contributed by atoms with Crippen molar-refractivity contribution in [1.29, 1.82) is 0 Å². The molecule has 1 aliphatic rings. The molecule has 6 nitrogen and oxygen atoms in total. The van der Waals surface area contributed by atoms with Crippen LogP contribution in [0.3, 0.4) is 0 Å². The van der Waals surface area contributed by atoms with Crippen molar-refractivity contribution in [2.45, 2.75) is 12.6 Å². The highest BCUT2D eigenvalue weighted by molar-refractivity contribution is 5.98. The number of para-hydroxylation sites is 2. The second kappa shape index (κ2) is 8.00. The van der Waals surface area contributed by atoms with Crippen LogP contribution in [0, 0.1) is 0 Å². The van der Waals surface area contributed by atoms with Crippen LogP contribution in [0.5, 0.6) is 5.75 Å². The Morgan fingerprint density at radius 1 is 1.33 bits per heavy atom. The van der Waals surface area contributed by atoms with Crippen LogP contribution in [0.15, 0.2) is 24.3 Å². The molecular formula is C15H17F3N2O4. The quantitative estimate of drug-likeness (QED) is 0.760. The van der Waals surface area contributed by atoms with E-state index in [0.717, 1.165) is 0 Å². The lowest BCUT2D eigenvalue weighted by molar-refractivity contribution is -0.173. The van der Waals surface area contributed by atoms with Gasteiger partial charge in [-0.2, -0.15) is 13.2 Å². The van der Waals surface area contributed by atoms with Crippen molar-refractivity contribution >= 4 is 17.5 Å². The lowest BCUT2D eigenvalue weighted by Crippen LogP contribution is -2.41. The van der Waals surface area contributed by atoms with Gasteiger partial charge in [0, 0.05) is 19.5 Å². The zero-order valence-electron chi connectivity index (χ0n) is 12.8. The summed E-state index contributed by atoms with van der Waals surface area (Å²) >= 11 is 0. The molecule has 2 rings (SSSR count). The fraction of sp³-hybridized carbons (Fsp3) is 0.467. The zero-order chi connectivity index (χ0) is 17.6. The van der Waals surface area contributed by atoms with E-state index in [1.54, 1.807) is 24.3 Å². The van der Waals surface area contributed by atoms with Crippen molar-refractivity contribution in [1.82, 2.24) is 5.32 Å². The van der Waals surface area contributed by atoms with Crippen LogP contribution >= 0.6 is 0 Å². The summed E-state index contributed by atoms with van der Waals surface area (Å²) in [6, 6.07) is 6.98. The largest absolute Gasteiger partial charge is 0.482 e. The Bertz CT molecular complexity index is 592. The van der Waals surface area contributed by atoms with E-state index in [1.165, 1.54) is 4.90 Å². The van der Waals surface area contributed by atoms with Gasteiger partial charge in [0.25, 0.3) is 5.91 Å². The standard InChI is InChI=1S/C15H17F3N2O4/c16-15(17,18)10-23-8-6-19-13(21)5-7-20-11-3-1-2-4-12(11)24-9-14(20)22/h1-4H,5-10H2,(H,19,21). The number of alkyl halides is 3. The Balaban J connectivity index is 1.73. The van der Waals surface area contributed by atoms with Gasteiger partial charge in [0.05, 0.1) is 12.3 Å². The highest BCUT2D eigenvalue weighted by Crippen LogP contribution is 2.31. The van der Waals surface area contributed by atoms with Gasteiger partial charge in [-0.3, -0.25) is 9.59 Å². The van der Waals surface area contributed by atoms with Gasteiger partial charge >= 0.3 is 6.18 Å². The summed E-state index contributed by atoms with van der Waals surface area (Å²) in [6.45, 7) is -1.53. The molecule has 0 bridgehead atoms. The molecule has 1 aliphatic heterocycles. The van der Waals surface area contributed by atoms with Crippen molar-refractivity contribution in [2.24, 2.45) is 0 Å². The maximum absolute atomic E-state index is 11.9. The van der Waals surface area contributed by atoms with Crippen molar-refractivity contribution in [3.8, 4) is 5.75 Å². The van der Waals surface area contributed by atoms with Gasteiger partial charge in [-0.1, -0.05) is 12.1 Å². The van der Waals surface area contributed by atoms with Crippen LogP contribution in [0.4, 0.5) is 18.9 Å². The van der Waals surface area contributed by atoms with Crippen LogP contribution in [0.1, 0.15) is 6.42 Å². The summed E-state index contributed by atoms with van der Waals surface area (Å²) in [5.74, 6) is -0.0598. The summed E-state index contributed by atoms with van der Waals surface area (Å²) < 4.78 is 45.3. The maximum atomic E-state index is 11.9. The third-order valence-corrected chi connectivity index (χ3v) is 3.21. The first-order chi connectivity index (χ1) is 11.4. The average Bonchev–Trinajstić information content (AvgIpc) is 2.52. The molecule has 24 heavy (non-hydrogen) atoms. The Morgan fingerprint density at radius 3 is 2.83 bits per heavy atom. The van der Waals surface area contributed by atoms with Crippen molar-refractivity contribution in [2.75, 3.05) is 37.8 Å². The molecule has 0 saturated heterocycles. The molecule has 2 amide bonds. The lowest BCUT2D eigenvalue weighted by atomic mass is 10.2. The average molecular weight is 346 g/mol. The van der Waals surface area contributed by atoms with E-state index in [-0.39, 0.29) is 44.5 Å². The number of ether oxygens (including phenoxy) is 2. The number of hydrogen-bond acceptors (Lipinski definition) is 4. The molecule has 0 atom stereocenters. The normalized spacial score (nSPS) is 14.1. The van der Waals surface area contributed by atoms with Crippen molar-refractivity contribution in [3.05, 3.63) is 24.3 Å². The topological polar surface area (TPSA) is 67.9 Å². The number of benzene rings is 1. The van der Waals surface area contributed by atoms with Gasteiger partial charge in [-0.05, 0) is 12.1 Å². The Labute approximate surface area is 136 Å². The van der Waals surface area contributed by atoms with Gasteiger partial charge in [0.15, 0.2) is 6.61 Å². The van der Waals surface area contributed by atoms with E-state index in [2.05, 4.69) is 10.1 Å². The molecule has 0 saturated carbocycles. The Hall–Kier alpha value is -2.29. The van der Waals surface area contributed by atoms with Crippen LogP contribution < -0.4 is 15.0 Å². The predicted octanol–water partition coefficient (Wildman–Crippen LogP) is 1.50. The molecule has 9 heteroatoms. The first-order valence-electron chi connectivity index (χ1n) is 7.30. The number of carbonyl (C=O) groups is 2. The zero-order valence-corrected chi connectivity index (χ0v) is 12.8. The highest BCUT2D eigenvalue weighted by atomic mass is 19.4. The van der Waals surface area contributed by atoms with E-state index in [4.69, 9.17) is 4.74 Å². The number of amides is 2. The van der Waals surface area contributed by atoms with Gasteiger partial charge in [0.1, 0.15) is 12.4 Å². The molecule has 0 fully saturated rings. The number of carbonyl (C=O) groups excluding carboxylic acids is 2. The van der Waals surface area contributed by atoms with Gasteiger partial charge in [0.2, 0.25) is 5.91 Å². The number of fused-ring (bicyclic) bond motifs is 1. The molecular weight excluding hydrogens is 329 g/mol. The van der Waals surface area contributed by atoms with E-state index in [0.29, 0.717) is 11.4 Å². The summed E-state index contributed by atoms with van der Waals surface area (Å²) in [5, 5.41) is 2.45. The SMILES string of the molecule is O=C(CCN1C(=O)COc2ccccc21)NCCOCC(F)(F)F. The fourth-order valence-electron chi connectivity index (χ4n) is 2.15. The predicted molar refractivity (Wildman–Crippen MR) is 78.8 cm³/mol. The number of nitrogens with one attached hydrogen (secondary N) is 1. The fourth-order valence-corrected chi connectivity index (χ4v) is 2.15. The van der Waals surface area contributed by atoms with Crippen LogP contribution in [-0.2, 0) is 14.3 Å². The first kappa shape index (κ1) is 18.1. The number of rotatable bonds is 7.